The van der Waals surface area contributed by atoms with Gasteiger partial charge in [0, 0.05) is 11.4 Å². The molecule has 0 aromatic carbocycles. The zero-order chi connectivity index (χ0) is 12.8. The third-order valence-corrected chi connectivity index (χ3v) is 3.65. The van der Waals surface area contributed by atoms with Gasteiger partial charge in [0.2, 0.25) is 5.91 Å². The highest BCUT2D eigenvalue weighted by Crippen LogP contribution is 2.21. The van der Waals surface area contributed by atoms with E-state index in [1.165, 1.54) is 4.88 Å². The Labute approximate surface area is 111 Å². The lowest BCUT2D eigenvalue weighted by molar-refractivity contribution is -0.122. The van der Waals surface area contributed by atoms with E-state index in [0.717, 1.165) is 17.2 Å². The van der Waals surface area contributed by atoms with Crippen molar-refractivity contribution in [3.63, 3.8) is 0 Å². The molecule has 0 radical (unpaired) electrons. The molecule has 96 valence electrons. The minimum atomic E-state index is -0.401. The van der Waals surface area contributed by atoms with E-state index in [4.69, 9.17) is 17.3 Å². The van der Waals surface area contributed by atoms with Crippen molar-refractivity contribution in [1.82, 2.24) is 5.32 Å². The summed E-state index contributed by atoms with van der Waals surface area (Å²) in [5, 5.41) is 2.85. The molecule has 0 saturated carbocycles. The first kappa shape index (κ1) is 14.5. The molecule has 0 aliphatic heterocycles. The molecule has 1 rings (SSSR count). The van der Waals surface area contributed by atoms with Crippen LogP contribution in [0.4, 0.5) is 0 Å². The average Bonchev–Trinajstić information content (AvgIpc) is 2.63. The molecule has 0 aliphatic carbocycles. The third-order valence-electron chi connectivity index (χ3n) is 2.36. The molecular weight excluding hydrogens is 256 g/mol. The summed E-state index contributed by atoms with van der Waals surface area (Å²) in [4.78, 5) is 12.8. The van der Waals surface area contributed by atoms with Gasteiger partial charge >= 0.3 is 0 Å². The molecule has 0 aliphatic rings. The molecule has 1 aromatic heterocycles. The molecule has 17 heavy (non-hydrogen) atoms. The van der Waals surface area contributed by atoms with Crippen LogP contribution in [0.1, 0.15) is 25.1 Å². The Morgan fingerprint density at radius 1 is 1.53 bits per heavy atom. The van der Waals surface area contributed by atoms with Crippen LogP contribution < -0.4 is 11.1 Å². The number of hydrogen-bond donors (Lipinski definition) is 2. The predicted octanol–water partition coefficient (Wildman–Crippen LogP) is 2.43. The lowest BCUT2D eigenvalue weighted by atomic mass is 10.0. The standard InChI is InChI=1S/C12H19ClN2OS/c1-8(2)7-10(14)12(16)15-6-5-9-3-4-11(13)17-9/h3-4,8,10H,5-7,14H2,1-2H3,(H,15,16)/t10-/m0/s1. The van der Waals surface area contributed by atoms with Gasteiger partial charge in [-0.15, -0.1) is 11.3 Å². The summed E-state index contributed by atoms with van der Waals surface area (Å²) in [6.07, 6.45) is 1.52. The molecule has 0 fully saturated rings. The van der Waals surface area contributed by atoms with Gasteiger partial charge in [-0.05, 0) is 30.9 Å². The second-order valence-corrected chi connectivity index (χ2v) is 6.28. The van der Waals surface area contributed by atoms with Gasteiger partial charge in [-0.2, -0.15) is 0 Å². The highest BCUT2D eigenvalue weighted by molar-refractivity contribution is 7.16. The summed E-state index contributed by atoms with van der Waals surface area (Å²) >= 11 is 7.36. The number of hydrogen-bond acceptors (Lipinski definition) is 3. The molecule has 3 nitrogen and oxygen atoms in total. The van der Waals surface area contributed by atoms with Crippen LogP contribution in [-0.2, 0) is 11.2 Å². The fourth-order valence-electron chi connectivity index (χ4n) is 1.54. The number of carbonyl (C=O) groups excluding carboxylic acids is 1. The molecule has 3 N–H and O–H groups in total. The van der Waals surface area contributed by atoms with Crippen molar-refractivity contribution in [2.45, 2.75) is 32.7 Å². The van der Waals surface area contributed by atoms with Crippen molar-refractivity contribution in [1.29, 1.82) is 0 Å². The number of nitrogens with one attached hydrogen (secondary N) is 1. The number of carbonyl (C=O) groups is 1. The van der Waals surface area contributed by atoms with E-state index in [9.17, 15) is 4.79 Å². The van der Waals surface area contributed by atoms with Gasteiger partial charge in [-0.1, -0.05) is 25.4 Å². The van der Waals surface area contributed by atoms with E-state index in [2.05, 4.69) is 19.2 Å². The van der Waals surface area contributed by atoms with Crippen LogP contribution in [0.5, 0.6) is 0 Å². The normalized spacial score (nSPS) is 12.8. The third kappa shape index (κ3) is 5.52. The van der Waals surface area contributed by atoms with E-state index < -0.39 is 6.04 Å². The summed E-state index contributed by atoms with van der Waals surface area (Å²) in [6, 6.07) is 3.45. The monoisotopic (exact) mass is 274 g/mol. The Morgan fingerprint density at radius 2 is 2.24 bits per heavy atom. The first-order chi connectivity index (χ1) is 7.99. The van der Waals surface area contributed by atoms with E-state index in [-0.39, 0.29) is 5.91 Å². The minimum absolute atomic E-state index is 0.0682. The second-order valence-electron chi connectivity index (χ2n) is 4.48. The fraction of sp³-hybridized carbons (Fsp3) is 0.583. The van der Waals surface area contributed by atoms with Gasteiger partial charge in [0.1, 0.15) is 0 Å². The largest absolute Gasteiger partial charge is 0.354 e. The first-order valence-corrected chi connectivity index (χ1v) is 6.96. The summed E-state index contributed by atoms with van der Waals surface area (Å²) < 4.78 is 0.780. The van der Waals surface area contributed by atoms with E-state index >= 15 is 0 Å². The fourth-order valence-corrected chi connectivity index (χ4v) is 2.63. The van der Waals surface area contributed by atoms with Gasteiger partial charge in [0.25, 0.3) is 0 Å². The van der Waals surface area contributed by atoms with Crippen molar-refractivity contribution >= 4 is 28.8 Å². The van der Waals surface area contributed by atoms with Crippen molar-refractivity contribution in [3.8, 4) is 0 Å². The van der Waals surface area contributed by atoms with Gasteiger partial charge < -0.3 is 11.1 Å². The Bertz CT molecular complexity index is 365. The van der Waals surface area contributed by atoms with Crippen LogP contribution in [0, 0.1) is 5.92 Å². The zero-order valence-corrected chi connectivity index (χ0v) is 11.8. The highest BCUT2D eigenvalue weighted by atomic mass is 35.5. The average molecular weight is 275 g/mol. The SMILES string of the molecule is CC(C)C[C@H](N)C(=O)NCCc1ccc(Cl)s1. The minimum Gasteiger partial charge on any atom is -0.354 e. The smallest absolute Gasteiger partial charge is 0.236 e. The van der Waals surface area contributed by atoms with Gasteiger partial charge in [-0.3, -0.25) is 4.79 Å². The molecule has 0 spiro atoms. The van der Waals surface area contributed by atoms with E-state index in [0.29, 0.717) is 12.5 Å². The van der Waals surface area contributed by atoms with Crippen LogP contribution >= 0.6 is 22.9 Å². The number of amides is 1. The maximum atomic E-state index is 11.6. The predicted molar refractivity (Wildman–Crippen MR) is 73.5 cm³/mol. The lowest BCUT2D eigenvalue weighted by Gasteiger charge is -2.13. The van der Waals surface area contributed by atoms with Gasteiger partial charge in [-0.25, -0.2) is 0 Å². The van der Waals surface area contributed by atoms with E-state index in [1.807, 2.05) is 12.1 Å². The molecule has 0 bridgehead atoms. The summed E-state index contributed by atoms with van der Waals surface area (Å²) in [5.74, 6) is 0.369. The number of nitrogens with two attached hydrogens (primary N) is 1. The maximum Gasteiger partial charge on any atom is 0.236 e. The molecule has 0 unspecified atom stereocenters. The molecule has 5 heteroatoms. The summed E-state index contributed by atoms with van der Waals surface area (Å²) in [7, 11) is 0. The Balaban J connectivity index is 2.24. The Hall–Kier alpha value is -0.580. The van der Waals surface area contributed by atoms with Crippen molar-refractivity contribution in [2.75, 3.05) is 6.54 Å². The molecule has 0 saturated heterocycles. The zero-order valence-electron chi connectivity index (χ0n) is 10.2. The lowest BCUT2D eigenvalue weighted by Crippen LogP contribution is -2.42. The first-order valence-electron chi connectivity index (χ1n) is 5.76. The number of rotatable bonds is 6. The van der Waals surface area contributed by atoms with Crippen LogP contribution in [-0.4, -0.2) is 18.5 Å². The molecule has 1 amide bonds. The van der Waals surface area contributed by atoms with Crippen LogP contribution in [0.25, 0.3) is 0 Å². The van der Waals surface area contributed by atoms with Crippen molar-refractivity contribution < 1.29 is 4.79 Å². The summed E-state index contributed by atoms with van der Waals surface area (Å²) in [5.41, 5.74) is 5.77. The van der Waals surface area contributed by atoms with E-state index in [1.54, 1.807) is 11.3 Å². The highest BCUT2D eigenvalue weighted by Gasteiger charge is 2.14. The van der Waals surface area contributed by atoms with Crippen LogP contribution in [0.3, 0.4) is 0 Å². The Morgan fingerprint density at radius 3 is 2.76 bits per heavy atom. The Kier molecular flexibility index (Phi) is 5.95. The number of halogens is 1. The molecule has 1 aromatic rings. The van der Waals surface area contributed by atoms with Crippen molar-refractivity contribution in [2.24, 2.45) is 11.7 Å². The van der Waals surface area contributed by atoms with Crippen LogP contribution in [0.15, 0.2) is 12.1 Å². The van der Waals surface area contributed by atoms with Crippen LogP contribution in [0.2, 0.25) is 4.34 Å². The topological polar surface area (TPSA) is 55.1 Å². The van der Waals surface area contributed by atoms with Gasteiger partial charge in [0.15, 0.2) is 0 Å². The maximum absolute atomic E-state index is 11.6. The quantitative estimate of drug-likeness (QED) is 0.837. The molecule has 1 heterocycles. The second kappa shape index (κ2) is 6.99. The molecule has 1 atom stereocenters. The van der Waals surface area contributed by atoms with Gasteiger partial charge in [0.05, 0.1) is 10.4 Å². The molecular formula is C12H19ClN2OS. The summed E-state index contributed by atoms with van der Waals surface area (Å²) in [6.45, 7) is 4.73. The number of thiophene rings is 1. The van der Waals surface area contributed by atoms with Crippen molar-refractivity contribution in [3.05, 3.63) is 21.3 Å².